The van der Waals surface area contributed by atoms with Gasteiger partial charge in [-0.2, -0.15) is 0 Å². The van der Waals surface area contributed by atoms with Crippen molar-refractivity contribution in [2.45, 2.75) is 38.6 Å². The van der Waals surface area contributed by atoms with E-state index in [0.717, 1.165) is 16.9 Å². The number of nitrogens with one attached hydrogen (secondary N) is 1. The average Bonchev–Trinajstić information content (AvgIpc) is 3.11. The van der Waals surface area contributed by atoms with Gasteiger partial charge in [0.15, 0.2) is 0 Å². The van der Waals surface area contributed by atoms with Crippen LogP contribution in [0.3, 0.4) is 0 Å². The van der Waals surface area contributed by atoms with Gasteiger partial charge in [-0.05, 0) is 32.8 Å². The molecule has 1 aliphatic rings. The van der Waals surface area contributed by atoms with Crippen LogP contribution in [0.1, 0.15) is 44.5 Å². The summed E-state index contributed by atoms with van der Waals surface area (Å²) in [6.45, 7) is 5.23. The monoisotopic (exact) mass is 415 g/mol. The van der Waals surface area contributed by atoms with Gasteiger partial charge in [-0.25, -0.2) is 32.7 Å². The van der Waals surface area contributed by atoms with Gasteiger partial charge in [-0.1, -0.05) is 0 Å². The molecular weight excluding hydrogens is 390 g/mol. The molecule has 0 spiro atoms. The second-order valence-electron chi connectivity index (χ2n) is 7.67. The summed E-state index contributed by atoms with van der Waals surface area (Å²) in [6, 6.07) is 4.08. The van der Waals surface area contributed by atoms with Gasteiger partial charge in [0.05, 0.1) is 24.3 Å². The molecular formula is C19H25N7O2S. The second kappa shape index (κ2) is 7.68. The minimum atomic E-state index is -3.14. The highest BCUT2D eigenvalue weighted by Crippen LogP contribution is 2.28. The van der Waals surface area contributed by atoms with Gasteiger partial charge in [0.2, 0.25) is 10.0 Å². The lowest BCUT2D eigenvalue weighted by Crippen LogP contribution is -2.37. The van der Waals surface area contributed by atoms with Crippen LogP contribution >= 0.6 is 0 Å². The molecule has 154 valence electrons. The first kappa shape index (κ1) is 19.7. The zero-order valence-electron chi connectivity index (χ0n) is 16.8. The Morgan fingerprint density at radius 1 is 1.14 bits per heavy atom. The predicted molar refractivity (Wildman–Crippen MR) is 112 cm³/mol. The molecule has 0 atom stereocenters. The Bertz CT molecular complexity index is 1120. The molecule has 3 aromatic heterocycles. The first-order valence-electron chi connectivity index (χ1n) is 9.69. The van der Waals surface area contributed by atoms with E-state index in [1.165, 1.54) is 10.6 Å². The van der Waals surface area contributed by atoms with Crippen LogP contribution in [0.15, 0.2) is 30.9 Å². The van der Waals surface area contributed by atoms with Crippen LogP contribution in [0, 0.1) is 0 Å². The number of pyridine rings is 1. The number of rotatable bonds is 5. The topological polar surface area (TPSA) is 106 Å². The summed E-state index contributed by atoms with van der Waals surface area (Å²) < 4.78 is 27.0. The van der Waals surface area contributed by atoms with Crippen molar-refractivity contribution in [3.05, 3.63) is 36.7 Å². The van der Waals surface area contributed by atoms with E-state index in [4.69, 9.17) is 0 Å². The molecule has 4 rings (SSSR count). The normalized spacial score (nSPS) is 16.6. The molecule has 4 heterocycles. The number of fused-ring (bicyclic) bond motifs is 1. The molecule has 0 amide bonds. The Kier molecular flexibility index (Phi) is 5.22. The fourth-order valence-electron chi connectivity index (χ4n) is 3.63. The highest BCUT2D eigenvalue weighted by molar-refractivity contribution is 7.88. The van der Waals surface area contributed by atoms with Crippen LogP contribution < -0.4 is 5.32 Å². The van der Waals surface area contributed by atoms with Crippen LogP contribution in [0.25, 0.3) is 11.0 Å². The summed E-state index contributed by atoms with van der Waals surface area (Å²) in [5, 5.41) is 3.25. The Labute approximate surface area is 170 Å². The number of piperidine rings is 1. The van der Waals surface area contributed by atoms with Crippen LogP contribution in [-0.2, 0) is 10.0 Å². The molecule has 0 radical (unpaired) electrons. The van der Waals surface area contributed by atoms with E-state index >= 15 is 0 Å². The number of imidazole rings is 1. The van der Waals surface area contributed by atoms with Crippen molar-refractivity contribution in [2.75, 3.05) is 24.7 Å². The van der Waals surface area contributed by atoms with Crippen molar-refractivity contribution in [3.8, 4) is 0 Å². The Balaban J connectivity index is 1.51. The predicted octanol–water partition coefficient (Wildman–Crippen LogP) is 2.68. The first-order chi connectivity index (χ1) is 13.8. The lowest BCUT2D eigenvalue weighted by molar-refractivity contribution is 0.315. The van der Waals surface area contributed by atoms with Crippen molar-refractivity contribution in [1.82, 2.24) is 28.8 Å². The zero-order chi connectivity index (χ0) is 20.6. The highest BCUT2D eigenvalue weighted by atomic mass is 32.2. The minimum absolute atomic E-state index is 0.146. The molecule has 0 bridgehead atoms. The van der Waals surface area contributed by atoms with E-state index in [-0.39, 0.29) is 5.92 Å². The maximum Gasteiger partial charge on any atom is 0.211 e. The van der Waals surface area contributed by atoms with Gasteiger partial charge >= 0.3 is 0 Å². The molecule has 3 aromatic rings. The molecule has 10 heteroatoms. The van der Waals surface area contributed by atoms with E-state index in [9.17, 15) is 8.42 Å². The maximum absolute atomic E-state index is 11.7. The molecule has 0 unspecified atom stereocenters. The summed E-state index contributed by atoms with van der Waals surface area (Å²) in [4.78, 5) is 17.9. The first-order valence-corrected chi connectivity index (χ1v) is 11.5. The summed E-state index contributed by atoms with van der Waals surface area (Å²) in [5.74, 6) is 2.24. The van der Waals surface area contributed by atoms with Gasteiger partial charge in [-0.3, -0.25) is 0 Å². The van der Waals surface area contributed by atoms with Crippen molar-refractivity contribution in [3.63, 3.8) is 0 Å². The Morgan fingerprint density at radius 3 is 2.59 bits per heavy atom. The third kappa shape index (κ3) is 4.23. The third-order valence-corrected chi connectivity index (χ3v) is 6.54. The summed E-state index contributed by atoms with van der Waals surface area (Å²) >= 11 is 0. The van der Waals surface area contributed by atoms with Crippen molar-refractivity contribution >= 4 is 32.7 Å². The van der Waals surface area contributed by atoms with Crippen LogP contribution in [-0.4, -0.2) is 56.6 Å². The van der Waals surface area contributed by atoms with Crippen molar-refractivity contribution in [1.29, 1.82) is 0 Å². The number of nitrogens with zero attached hydrogens (tertiary/aromatic N) is 6. The minimum Gasteiger partial charge on any atom is -0.328 e. The second-order valence-corrected chi connectivity index (χ2v) is 9.65. The van der Waals surface area contributed by atoms with Gasteiger partial charge in [0.1, 0.15) is 23.0 Å². The standard InChI is InChI=1S/C19H25N7O2S/c1-13(2)26-12-22-15-11-21-18(10-16(15)26)23-17-4-7-20-19(24-17)14-5-8-25(9-6-14)29(3,27)28/h4,7,10-14H,5-6,8-9H2,1-3H3,(H,20,21,23,24). The molecule has 1 aliphatic heterocycles. The largest absolute Gasteiger partial charge is 0.328 e. The van der Waals surface area contributed by atoms with Gasteiger partial charge in [0, 0.05) is 37.3 Å². The van der Waals surface area contributed by atoms with Crippen molar-refractivity contribution in [2.24, 2.45) is 0 Å². The molecule has 0 aromatic carbocycles. The molecule has 1 saturated heterocycles. The van der Waals surface area contributed by atoms with E-state index in [1.54, 1.807) is 18.5 Å². The number of hydrogen-bond donors (Lipinski definition) is 1. The SMILES string of the molecule is CC(C)n1cnc2cnc(Nc3ccnc(C4CCN(S(C)(=O)=O)CC4)n3)cc21. The Hall–Kier alpha value is -2.59. The summed E-state index contributed by atoms with van der Waals surface area (Å²) in [6.07, 6.45) is 7.99. The molecule has 9 nitrogen and oxygen atoms in total. The molecule has 29 heavy (non-hydrogen) atoms. The molecule has 0 saturated carbocycles. The molecule has 0 aliphatic carbocycles. The lowest BCUT2D eigenvalue weighted by atomic mass is 9.97. The van der Waals surface area contributed by atoms with Crippen molar-refractivity contribution < 1.29 is 8.42 Å². The van der Waals surface area contributed by atoms with Gasteiger partial charge in [0.25, 0.3) is 0 Å². The van der Waals surface area contributed by atoms with E-state index < -0.39 is 10.0 Å². The van der Waals surface area contributed by atoms with Crippen LogP contribution in [0.5, 0.6) is 0 Å². The number of anilines is 2. The smallest absolute Gasteiger partial charge is 0.211 e. The fraction of sp³-hybridized carbons (Fsp3) is 0.474. The summed E-state index contributed by atoms with van der Waals surface area (Å²) in [5.41, 5.74) is 1.87. The average molecular weight is 416 g/mol. The molecule has 1 fully saturated rings. The van der Waals surface area contributed by atoms with Crippen LogP contribution in [0.4, 0.5) is 11.6 Å². The third-order valence-electron chi connectivity index (χ3n) is 5.24. The Morgan fingerprint density at radius 2 is 1.90 bits per heavy atom. The van der Waals surface area contributed by atoms with Gasteiger partial charge < -0.3 is 9.88 Å². The quantitative estimate of drug-likeness (QED) is 0.683. The number of hydrogen-bond acceptors (Lipinski definition) is 7. The van der Waals surface area contributed by atoms with Crippen LogP contribution in [0.2, 0.25) is 0 Å². The van der Waals surface area contributed by atoms with Gasteiger partial charge in [-0.15, -0.1) is 0 Å². The van der Waals surface area contributed by atoms with E-state index in [2.05, 4.69) is 43.7 Å². The zero-order valence-corrected chi connectivity index (χ0v) is 17.6. The van der Waals surface area contributed by atoms with E-state index in [0.29, 0.717) is 43.6 Å². The highest BCUT2D eigenvalue weighted by Gasteiger charge is 2.27. The lowest BCUT2D eigenvalue weighted by Gasteiger charge is -2.29. The number of sulfonamides is 1. The number of aromatic nitrogens is 5. The van der Waals surface area contributed by atoms with E-state index in [1.807, 2.05) is 12.4 Å². The maximum atomic E-state index is 11.7. The molecule has 1 N–H and O–H groups in total. The fourth-order valence-corrected chi connectivity index (χ4v) is 4.50. The summed E-state index contributed by atoms with van der Waals surface area (Å²) in [7, 11) is -3.14.